The normalized spacial score (nSPS) is 14.3. The maximum atomic E-state index is 9.25. The molecular formula is C19H26N4OS. The number of guanidine groups is 1. The van der Waals surface area contributed by atoms with Gasteiger partial charge >= 0.3 is 0 Å². The maximum Gasteiger partial charge on any atom is 0.194 e. The number of nitrogens with one attached hydrogen (secondary N) is 1. The zero-order chi connectivity index (χ0) is 17.6. The van der Waals surface area contributed by atoms with E-state index in [4.69, 9.17) is 4.98 Å². The molecule has 0 radical (unpaired) electrons. The van der Waals surface area contributed by atoms with E-state index < -0.39 is 0 Å². The van der Waals surface area contributed by atoms with E-state index in [1.54, 1.807) is 7.05 Å². The summed E-state index contributed by atoms with van der Waals surface area (Å²) in [6.45, 7) is 1.52. The average Bonchev–Trinajstić information content (AvgIpc) is 3.04. The van der Waals surface area contributed by atoms with Crippen LogP contribution in [-0.4, -0.2) is 35.0 Å². The van der Waals surface area contributed by atoms with E-state index in [-0.39, 0.29) is 6.61 Å². The zero-order valence-electron chi connectivity index (χ0n) is 15.0. The van der Waals surface area contributed by atoms with Gasteiger partial charge in [-0.25, -0.2) is 4.98 Å². The van der Waals surface area contributed by atoms with Gasteiger partial charge in [0.05, 0.1) is 18.8 Å². The molecule has 1 aliphatic carbocycles. The number of aliphatic imine (C=N–C) groups is 1. The van der Waals surface area contributed by atoms with Gasteiger partial charge in [0.1, 0.15) is 5.01 Å². The number of aliphatic hydroxyl groups excluding tert-OH is 1. The minimum absolute atomic E-state index is 0.0666. The van der Waals surface area contributed by atoms with Gasteiger partial charge in [0.2, 0.25) is 0 Å². The first-order valence-electron chi connectivity index (χ1n) is 8.77. The highest BCUT2D eigenvalue weighted by Crippen LogP contribution is 2.27. The second-order valence-electron chi connectivity index (χ2n) is 6.42. The topological polar surface area (TPSA) is 60.8 Å². The molecule has 25 heavy (non-hydrogen) atoms. The first kappa shape index (κ1) is 17.9. The number of thiazole rings is 1. The minimum atomic E-state index is 0.0666. The Hall–Kier alpha value is -1.92. The molecule has 0 fully saturated rings. The van der Waals surface area contributed by atoms with Crippen molar-refractivity contribution in [2.24, 2.45) is 4.99 Å². The van der Waals surface area contributed by atoms with Crippen molar-refractivity contribution in [1.82, 2.24) is 15.2 Å². The van der Waals surface area contributed by atoms with Gasteiger partial charge < -0.3 is 15.3 Å². The smallest absolute Gasteiger partial charge is 0.194 e. The van der Waals surface area contributed by atoms with E-state index in [0.717, 1.165) is 30.1 Å². The lowest BCUT2D eigenvalue weighted by molar-refractivity contribution is 0.281. The van der Waals surface area contributed by atoms with Crippen LogP contribution in [0.1, 0.15) is 39.5 Å². The molecule has 5 nitrogen and oxygen atoms in total. The van der Waals surface area contributed by atoms with Crippen LogP contribution in [0.3, 0.4) is 0 Å². The second-order valence-corrected chi connectivity index (χ2v) is 7.59. The van der Waals surface area contributed by atoms with E-state index in [1.165, 1.54) is 34.8 Å². The van der Waals surface area contributed by atoms with E-state index in [2.05, 4.69) is 15.2 Å². The second kappa shape index (κ2) is 8.45. The van der Waals surface area contributed by atoms with Crippen LogP contribution in [0.15, 0.2) is 29.3 Å². The van der Waals surface area contributed by atoms with Crippen LogP contribution in [0.25, 0.3) is 0 Å². The Morgan fingerprint density at radius 1 is 1.32 bits per heavy atom. The summed E-state index contributed by atoms with van der Waals surface area (Å²) < 4.78 is 0. The molecule has 1 aliphatic rings. The molecule has 1 aromatic carbocycles. The number of rotatable bonds is 5. The highest BCUT2D eigenvalue weighted by molar-refractivity contribution is 7.11. The summed E-state index contributed by atoms with van der Waals surface area (Å²) in [4.78, 5) is 12.8. The summed E-state index contributed by atoms with van der Waals surface area (Å²) in [6, 6.07) is 7.95. The Balaban J connectivity index is 1.59. The number of hydrogen-bond acceptors (Lipinski definition) is 4. The number of aryl methyl sites for hydroxylation is 2. The summed E-state index contributed by atoms with van der Waals surface area (Å²) >= 11 is 1.85. The van der Waals surface area contributed by atoms with Crippen molar-refractivity contribution >= 4 is 17.3 Å². The summed E-state index contributed by atoms with van der Waals surface area (Å²) in [5.41, 5.74) is 3.37. The fourth-order valence-electron chi connectivity index (χ4n) is 3.15. The molecule has 1 heterocycles. The van der Waals surface area contributed by atoms with Crippen LogP contribution < -0.4 is 5.32 Å². The standard InChI is InChI=1S/C19H26N4OS/c1-20-19(21-11-14-6-5-7-15(10-14)13-24)23(2)12-18-22-16-8-3-4-9-17(16)25-18/h5-7,10,24H,3-4,8-9,11-13H2,1-2H3,(H,20,21). The van der Waals surface area contributed by atoms with Gasteiger partial charge in [0.15, 0.2) is 5.96 Å². The Kier molecular flexibility index (Phi) is 6.04. The molecule has 0 saturated carbocycles. The first-order chi connectivity index (χ1) is 12.2. The van der Waals surface area contributed by atoms with Gasteiger partial charge in [-0.3, -0.25) is 4.99 Å². The first-order valence-corrected chi connectivity index (χ1v) is 9.59. The minimum Gasteiger partial charge on any atom is -0.392 e. The molecule has 2 N–H and O–H groups in total. The lowest BCUT2D eigenvalue weighted by Crippen LogP contribution is -2.38. The number of fused-ring (bicyclic) bond motifs is 1. The molecular weight excluding hydrogens is 332 g/mol. The third-order valence-electron chi connectivity index (χ3n) is 4.46. The molecule has 0 bridgehead atoms. The number of benzene rings is 1. The Morgan fingerprint density at radius 2 is 2.12 bits per heavy atom. The molecule has 6 heteroatoms. The highest BCUT2D eigenvalue weighted by Gasteiger charge is 2.16. The maximum absolute atomic E-state index is 9.25. The number of aliphatic hydroxyl groups is 1. The van der Waals surface area contributed by atoms with Crippen molar-refractivity contribution in [3.63, 3.8) is 0 Å². The van der Waals surface area contributed by atoms with E-state index >= 15 is 0 Å². The molecule has 134 valence electrons. The van der Waals surface area contributed by atoms with Crippen LogP contribution in [0.4, 0.5) is 0 Å². The van der Waals surface area contributed by atoms with Gasteiger partial charge in [0, 0.05) is 25.5 Å². The van der Waals surface area contributed by atoms with Crippen LogP contribution in [-0.2, 0) is 32.5 Å². The lowest BCUT2D eigenvalue weighted by atomic mass is 10.0. The van der Waals surface area contributed by atoms with Gasteiger partial charge in [0.25, 0.3) is 0 Å². The quantitative estimate of drug-likeness (QED) is 0.637. The summed E-state index contributed by atoms with van der Waals surface area (Å²) in [7, 11) is 3.84. The van der Waals surface area contributed by atoms with Gasteiger partial charge in [-0.15, -0.1) is 11.3 Å². The Labute approximate surface area is 153 Å². The molecule has 0 atom stereocenters. The molecule has 0 spiro atoms. The van der Waals surface area contributed by atoms with Crippen molar-refractivity contribution in [1.29, 1.82) is 0 Å². The number of aromatic nitrogens is 1. The van der Waals surface area contributed by atoms with Crippen molar-refractivity contribution in [2.45, 2.75) is 45.4 Å². The average molecular weight is 359 g/mol. The molecule has 0 unspecified atom stereocenters. The molecule has 3 rings (SSSR count). The molecule has 2 aromatic rings. The van der Waals surface area contributed by atoms with E-state index in [1.807, 2.05) is 42.6 Å². The Morgan fingerprint density at radius 3 is 2.88 bits per heavy atom. The fraction of sp³-hybridized carbons (Fsp3) is 0.474. The van der Waals surface area contributed by atoms with Crippen LogP contribution in [0.2, 0.25) is 0 Å². The summed E-state index contributed by atoms with van der Waals surface area (Å²) in [5, 5.41) is 13.8. The molecule has 1 aromatic heterocycles. The largest absolute Gasteiger partial charge is 0.392 e. The van der Waals surface area contributed by atoms with Gasteiger partial charge in [-0.05, 0) is 36.8 Å². The monoisotopic (exact) mass is 358 g/mol. The van der Waals surface area contributed by atoms with Gasteiger partial charge in [-0.2, -0.15) is 0 Å². The predicted octanol–water partition coefficient (Wildman–Crippen LogP) is 2.72. The van der Waals surface area contributed by atoms with Crippen molar-refractivity contribution in [3.8, 4) is 0 Å². The van der Waals surface area contributed by atoms with Crippen molar-refractivity contribution < 1.29 is 5.11 Å². The molecule has 0 aliphatic heterocycles. The lowest BCUT2D eigenvalue weighted by Gasteiger charge is -2.21. The third kappa shape index (κ3) is 4.58. The third-order valence-corrected chi connectivity index (χ3v) is 5.60. The van der Waals surface area contributed by atoms with Crippen molar-refractivity contribution in [3.05, 3.63) is 51.0 Å². The zero-order valence-corrected chi connectivity index (χ0v) is 15.8. The Bertz CT molecular complexity index is 717. The highest BCUT2D eigenvalue weighted by atomic mass is 32.1. The van der Waals surface area contributed by atoms with E-state index in [9.17, 15) is 5.11 Å². The molecule has 0 saturated heterocycles. The van der Waals surface area contributed by atoms with Crippen LogP contribution in [0, 0.1) is 0 Å². The van der Waals surface area contributed by atoms with Gasteiger partial charge in [-0.1, -0.05) is 24.3 Å². The fourth-order valence-corrected chi connectivity index (χ4v) is 4.37. The number of nitrogens with zero attached hydrogens (tertiary/aromatic N) is 3. The predicted molar refractivity (Wildman–Crippen MR) is 103 cm³/mol. The van der Waals surface area contributed by atoms with Crippen LogP contribution in [0.5, 0.6) is 0 Å². The van der Waals surface area contributed by atoms with Crippen LogP contribution >= 0.6 is 11.3 Å². The number of hydrogen-bond donors (Lipinski definition) is 2. The molecule has 0 amide bonds. The SMILES string of the molecule is CN=C(NCc1cccc(CO)c1)N(C)Cc1nc2c(s1)CCCC2. The van der Waals surface area contributed by atoms with E-state index in [0.29, 0.717) is 6.54 Å². The summed E-state index contributed by atoms with van der Waals surface area (Å²) in [5.74, 6) is 0.850. The summed E-state index contributed by atoms with van der Waals surface area (Å²) in [6.07, 6.45) is 4.87. The van der Waals surface area contributed by atoms with Crippen molar-refractivity contribution in [2.75, 3.05) is 14.1 Å².